The number of ketones is 1. The monoisotopic (exact) mass is 264 g/mol. The molecule has 0 aliphatic heterocycles. The first kappa shape index (κ1) is 14.2. The highest BCUT2D eigenvalue weighted by atomic mass is 19.1. The van der Waals surface area contributed by atoms with Gasteiger partial charge < -0.3 is 4.74 Å². The van der Waals surface area contributed by atoms with Crippen LogP contribution >= 0.6 is 0 Å². The average Bonchev–Trinajstić information content (AvgIpc) is 2.67. The molecule has 0 N–H and O–H groups in total. The van der Waals surface area contributed by atoms with E-state index in [0.29, 0.717) is 12.8 Å². The average molecular weight is 264 g/mol. The Morgan fingerprint density at radius 3 is 2.42 bits per heavy atom. The van der Waals surface area contributed by atoms with Crippen LogP contribution < -0.4 is 0 Å². The lowest BCUT2D eigenvalue weighted by Gasteiger charge is -2.30. The number of Topliss-reactive ketones (excluding diaryl/α,β-unsaturated/α-hetero) is 1. The Morgan fingerprint density at radius 2 is 1.84 bits per heavy atom. The van der Waals surface area contributed by atoms with E-state index in [-0.39, 0.29) is 11.3 Å². The van der Waals surface area contributed by atoms with Crippen molar-refractivity contribution in [3.63, 3.8) is 0 Å². The van der Waals surface area contributed by atoms with Gasteiger partial charge in [0.2, 0.25) is 0 Å². The van der Waals surface area contributed by atoms with E-state index in [1.807, 2.05) is 6.92 Å². The second kappa shape index (κ2) is 5.83. The van der Waals surface area contributed by atoms with Crippen LogP contribution in [0.5, 0.6) is 0 Å². The van der Waals surface area contributed by atoms with Gasteiger partial charge in [0.1, 0.15) is 11.4 Å². The summed E-state index contributed by atoms with van der Waals surface area (Å²) in [5.41, 5.74) is 0.235. The number of rotatable bonds is 3. The normalized spacial score (nSPS) is 18.9. The highest BCUT2D eigenvalue weighted by Crippen LogP contribution is 2.33. The number of halogens is 1. The molecule has 19 heavy (non-hydrogen) atoms. The highest BCUT2D eigenvalue weighted by molar-refractivity contribution is 6.02. The molecule has 0 spiro atoms. The molecule has 0 saturated heterocycles. The molecule has 2 rings (SSSR count). The van der Waals surface area contributed by atoms with E-state index in [1.165, 1.54) is 6.07 Å². The van der Waals surface area contributed by atoms with E-state index in [4.69, 9.17) is 4.74 Å². The van der Waals surface area contributed by atoms with Crippen LogP contribution in [0.25, 0.3) is 0 Å². The maximum atomic E-state index is 13.9. The number of benzene rings is 1. The summed E-state index contributed by atoms with van der Waals surface area (Å²) < 4.78 is 19.5. The van der Waals surface area contributed by atoms with Gasteiger partial charge in [-0.05, 0) is 31.9 Å². The summed E-state index contributed by atoms with van der Waals surface area (Å²) in [6.45, 7) is 1.86. The fourth-order valence-corrected chi connectivity index (χ4v) is 2.88. The molecule has 1 fully saturated rings. The molecule has 1 aromatic carbocycles. The van der Waals surface area contributed by atoms with Gasteiger partial charge >= 0.3 is 0 Å². The maximum absolute atomic E-state index is 13.9. The van der Waals surface area contributed by atoms with Crippen LogP contribution in [0.4, 0.5) is 4.39 Å². The van der Waals surface area contributed by atoms with Crippen LogP contribution in [0.1, 0.15) is 54.4 Å². The third-order valence-corrected chi connectivity index (χ3v) is 4.08. The zero-order valence-corrected chi connectivity index (χ0v) is 11.7. The standard InChI is InChI=1S/C16H21FO2/c1-12-7-8-14(17)13(11-12)15(18)16(19-2)9-5-3-4-6-10-16/h7-8,11H,3-6,9-10H2,1-2H3. The van der Waals surface area contributed by atoms with E-state index in [0.717, 1.165) is 31.2 Å². The van der Waals surface area contributed by atoms with Gasteiger partial charge in [-0.15, -0.1) is 0 Å². The molecule has 0 heterocycles. The minimum Gasteiger partial charge on any atom is -0.370 e. The number of hydrogen-bond acceptors (Lipinski definition) is 2. The van der Waals surface area contributed by atoms with E-state index < -0.39 is 11.4 Å². The summed E-state index contributed by atoms with van der Waals surface area (Å²) in [7, 11) is 1.57. The molecular formula is C16H21FO2. The van der Waals surface area contributed by atoms with Gasteiger partial charge in [-0.25, -0.2) is 4.39 Å². The third kappa shape index (κ3) is 2.86. The third-order valence-electron chi connectivity index (χ3n) is 4.08. The van der Waals surface area contributed by atoms with Gasteiger partial charge in [0, 0.05) is 7.11 Å². The van der Waals surface area contributed by atoms with Crippen molar-refractivity contribution in [1.82, 2.24) is 0 Å². The Morgan fingerprint density at radius 1 is 1.21 bits per heavy atom. The second-order valence-electron chi connectivity index (χ2n) is 5.43. The molecule has 104 valence electrons. The van der Waals surface area contributed by atoms with Gasteiger partial charge in [0.15, 0.2) is 5.78 Å². The van der Waals surface area contributed by atoms with Crippen molar-refractivity contribution in [3.05, 3.63) is 35.1 Å². The fraction of sp³-hybridized carbons (Fsp3) is 0.562. The highest BCUT2D eigenvalue weighted by Gasteiger charge is 2.40. The van der Waals surface area contributed by atoms with Crippen LogP contribution in [-0.4, -0.2) is 18.5 Å². The predicted molar refractivity (Wildman–Crippen MR) is 72.9 cm³/mol. The number of hydrogen-bond donors (Lipinski definition) is 0. The first-order valence-electron chi connectivity index (χ1n) is 6.95. The Bertz CT molecular complexity index is 460. The molecule has 1 aromatic rings. The quantitative estimate of drug-likeness (QED) is 0.608. The van der Waals surface area contributed by atoms with Crippen molar-refractivity contribution >= 4 is 5.78 Å². The zero-order valence-electron chi connectivity index (χ0n) is 11.7. The van der Waals surface area contributed by atoms with Gasteiger partial charge in [-0.1, -0.05) is 37.3 Å². The predicted octanol–water partition coefficient (Wildman–Crippen LogP) is 4.06. The van der Waals surface area contributed by atoms with Crippen LogP contribution in [0.15, 0.2) is 18.2 Å². The first-order chi connectivity index (χ1) is 9.09. The summed E-state index contributed by atoms with van der Waals surface area (Å²) in [6, 6.07) is 4.67. The molecule has 0 aromatic heterocycles. The summed E-state index contributed by atoms with van der Waals surface area (Å²) in [5.74, 6) is -0.644. The van der Waals surface area contributed by atoms with E-state index in [2.05, 4.69) is 0 Å². The summed E-state index contributed by atoms with van der Waals surface area (Å²) in [6.07, 6.45) is 5.55. The lowest BCUT2D eigenvalue weighted by molar-refractivity contribution is -0.00723. The lowest BCUT2D eigenvalue weighted by atomic mass is 9.85. The van der Waals surface area contributed by atoms with Crippen LogP contribution in [0, 0.1) is 12.7 Å². The molecule has 1 saturated carbocycles. The molecule has 0 atom stereocenters. The zero-order chi connectivity index (χ0) is 13.9. The van der Waals surface area contributed by atoms with Gasteiger partial charge in [-0.3, -0.25) is 4.79 Å². The van der Waals surface area contributed by atoms with Crippen LogP contribution in [0.2, 0.25) is 0 Å². The van der Waals surface area contributed by atoms with E-state index in [9.17, 15) is 9.18 Å². The molecule has 2 nitrogen and oxygen atoms in total. The van der Waals surface area contributed by atoms with Crippen molar-refractivity contribution in [1.29, 1.82) is 0 Å². The number of carbonyl (C=O) groups excluding carboxylic acids is 1. The van der Waals surface area contributed by atoms with Crippen molar-refractivity contribution < 1.29 is 13.9 Å². The maximum Gasteiger partial charge on any atom is 0.197 e. The number of aryl methyl sites for hydroxylation is 1. The molecule has 1 aliphatic carbocycles. The molecule has 0 bridgehead atoms. The number of carbonyl (C=O) groups is 1. The van der Waals surface area contributed by atoms with Crippen molar-refractivity contribution in [2.24, 2.45) is 0 Å². The largest absolute Gasteiger partial charge is 0.370 e. The Hall–Kier alpha value is -1.22. The second-order valence-corrected chi connectivity index (χ2v) is 5.43. The summed E-state index contributed by atoms with van der Waals surface area (Å²) >= 11 is 0. The van der Waals surface area contributed by atoms with E-state index >= 15 is 0 Å². The van der Waals surface area contributed by atoms with Crippen molar-refractivity contribution in [3.8, 4) is 0 Å². The molecule has 0 radical (unpaired) electrons. The first-order valence-corrected chi connectivity index (χ1v) is 6.95. The minimum atomic E-state index is -0.828. The Kier molecular flexibility index (Phi) is 4.35. The Balaban J connectivity index is 2.36. The summed E-state index contributed by atoms with van der Waals surface area (Å²) in [5, 5.41) is 0. The van der Waals surface area contributed by atoms with Gasteiger partial charge in [-0.2, -0.15) is 0 Å². The van der Waals surface area contributed by atoms with Crippen LogP contribution in [0.3, 0.4) is 0 Å². The molecule has 1 aliphatic rings. The van der Waals surface area contributed by atoms with Gasteiger partial charge in [0.25, 0.3) is 0 Å². The van der Waals surface area contributed by atoms with Crippen molar-refractivity contribution in [2.45, 2.75) is 51.0 Å². The summed E-state index contributed by atoms with van der Waals surface area (Å²) in [4.78, 5) is 12.7. The topological polar surface area (TPSA) is 26.3 Å². The molecular weight excluding hydrogens is 243 g/mol. The number of methoxy groups -OCH3 is 1. The van der Waals surface area contributed by atoms with Gasteiger partial charge in [0.05, 0.1) is 5.56 Å². The number of ether oxygens (including phenoxy) is 1. The van der Waals surface area contributed by atoms with Crippen molar-refractivity contribution in [2.75, 3.05) is 7.11 Å². The smallest absolute Gasteiger partial charge is 0.197 e. The molecule has 3 heteroatoms. The molecule has 0 unspecified atom stereocenters. The van der Waals surface area contributed by atoms with Crippen LogP contribution in [-0.2, 0) is 4.74 Å². The minimum absolute atomic E-state index is 0.170. The fourth-order valence-electron chi connectivity index (χ4n) is 2.88. The van der Waals surface area contributed by atoms with E-state index in [1.54, 1.807) is 19.2 Å². The lowest BCUT2D eigenvalue weighted by Crippen LogP contribution is -2.40. The SMILES string of the molecule is COC1(C(=O)c2cc(C)ccc2F)CCCCCC1. The molecule has 0 amide bonds. The Labute approximate surface area is 114 Å².